The normalized spacial score (nSPS) is 11.1. The molecule has 166 valence electrons. The molecule has 1 amide bonds. The third-order valence-electron chi connectivity index (χ3n) is 4.07. The lowest BCUT2D eigenvalue weighted by atomic mass is 10.1. The molecule has 0 aliphatic rings. The molecule has 0 atom stereocenters. The van der Waals surface area contributed by atoms with E-state index in [2.05, 4.69) is 14.8 Å². The van der Waals surface area contributed by atoms with Crippen LogP contribution in [0.4, 0.5) is 25.8 Å². The number of benzene rings is 3. The van der Waals surface area contributed by atoms with E-state index in [9.17, 15) is 32.1 Å². The molecule has 0 unspecified atom stereocenters. The number of rotatable bonds is 8. The molecule has 0 spiro atoms. The molecule has 0 aliphatic heterocycles. The van der Waals surface area contributed by atoms with Gasteiger partial charge in [-0.15, -0.1) is 0 Å². The topological polar surface area (TPSA) is 128 Å². The van der Waals surface area contributed by atoms with Crippen LogP contribution in [0.5, 0.6) is 5.75 Å². The van der Waals surface area contributed by atoms with Gasteiger partial charge in [0.25, 0.3) is 21.6 Å². The maximum atomic E-state index is 12.7. The second kappa shape index (κ2) is 9.39. The van der Waals surface area contributed by atoms with E-state index in [1.807, 2.05) is 0 Å². The number of carbonyl (C=O) groups excluding carboxylic acids is 1. The number of nitro groups is 1. The lowest BCUT2D eigenvalue weighted by molar-refractivity contribution is -0.385. The quantitative estimate of drug-likeness (QED) is 0.380. The summed E-state index contributed by atoms with van der Waals surface area (Å²) >= 11 is 0. The number of nitro benzene ring substituents is 1. The smallest absolute Gasteiger partial charge is 0.387 e. The lowest BCUT2D eigenvalue weighted by Gasteiger charge is -2.13. The fraction of sp³-hybridized carbons (Fsp3) is 0.0500. The Kier molecular flexibility index (Phi) is 6.64. The number of hydrogen-bond donors (Lipinski definition) is 2. The molecule has 0 saturated carbocycles. The first-order valence-corrected chi connectivity index (χ1v) is 10.4. The zero-order chi connectivity index (χ0) is 23.3. The van der Waals surface area contributed by atoms with Gasteiger partial charge in [-0.25, -0.2) is 8.42 Å². The molecule has 3 aromatic carbocycles. The van der Waals surface area contributed by atoms with Crippen LogP contribution in [-0.4, -0.2) is 25.9 Å². The zero-order valence-electron chi connectivity index (χ0n) is 16.1. The number of carbonyl (C=O) groups is 1. The van der Waals surface area contributed by atoms with Gasteiger partial charge in [0.1, 0.15) is 5.75 Å². The number of para-hydroxylation sites is 1. The first-order valence-electron chi connectivity index (χ1n) is 8.88. The van der Waals surface area contributed by atoms with Gasteiger partial charge in [-0.3, -0.25) is 19.6 Å². The number of alkyl halides is 2. The minimum absolute atomic E-state index is 0.0679. The van der Waals surface area contributed by atoms with Crippen molar-refractivity contribution in [2.75, 3.05) is 10.0 Å². The van der Waals surface area contributed by atoms with Crippen molar-refractivity contribution in [3.8, 4) is 5.75 Å². The summed E-state index contributed by atoms with van der Waals surface area (Å²) in [4.78, 5) is 22.5. The summed E-state index contributed by atoms with van der Waals surface area (Å²) in [7, 11) is -4.26. The number of non-ortho nitro benzene ring substituents is 1. The van der Waals surface area contributed by atoms with Crippen LogP contribution in [0.15, 0.2) is 77.7 Å². The van der Waals surface area contributed by atoms with Gasteiger partial charge >= 0.3 is 6.61 Å². The Labute approximate surface area is 180 Å². The maximum Gasteiger partial charge on any atom is 0.387 e. The summed E-state index contributed by atoms with van der Waals surface area (Å²) in [5, 5.41) is 13.4. The Balaban J connectivity index is 1.85. The summed E-state index contributed by atoms with van der Waals surface area (Å²) in [6.45, 7) is -3.04. The van der Waals surface area contributed by atoms with E-state index < -0.39 is 33.2 Å². The van der Waals surface area contributed by atoms with Crippen LogP contribution >= 0.6 is 0 Å². The highest BCUT2D eigenvalue weighted by atomic mass is 32.2. The number of hydrogen-bond acceptors (Lipinski definition) is 6. The highest BCUT2D eigenvalue weighted by Crippen LogP contribution is 2.25. The first-order chi connectivity index (χ1) is 15.2. The second-order valence-electron chi connectivity index (χ2n) is 6.27. The van der Waals surface area contributed by atoms with E-state index >= 15 is 0 Å². The molecule has 12 heteroatoms. The molecule has 3 rings (SSSR count). The van der Waals surface area contributed by atoms with Gasteiger partial charge in [0.05, 0.1) is 21.1 Å². The molecule has 0 aliphatic carbocycles. The van der Waals surface area contributed by atoms with Crippen molar-refractivity contribution >= 4 is 33.0 Å². The van der Waals surface area contributed by atoms with Gasteiger partial charge in [-0.05, 0) is 30.3 Å². The number of nitrogens with zero attached hydrogens (tertiary/aromatic N) is 1. The van der Waals surface area contributed by atoms with Crippen LogP contribution in [0.1, 0.15) is 10.4 Å². The van der Waals surface area contributed by atoms with E-state index in [1.54, 1.807) is 0 Å². The minimum atomic E-state index is -4.26. The monoisotopic (exact) mass is 463 g/mol. The van der Waals surface area contributed by atoms with Crippen LogP contribution in [0.3, 0.4) is 0 Å². The van der Waals surface area contributed by atoms with Crippen LogP contribution < -0.4 is 14.8 Å². The van der Waals surface area contributed by atoms with Gasteiger partial charge in [0, 0.05) is 23.9 Å². The van der Waals surface area contributed by atoms with Gasteiger partial charge in [-0.2, -0.15) is 8.78 Å². The van der Waals surface area contributed by atoms with Crippen LogP contribution in [0.2, 0.25) is 0 Å². The van der Waals surface area contributed by atoms with E-state index in [0.29, 0.717) is 0 Å². The zero-order valence-corrected chi connectivity index (χ0v) is 16.9. The van der Waals surface area contributed by atoms with Crippen molar-refractivity contribution in [2.24, 2.45) is 0 Å². The van der Waals surface area contributed by atoms with E-state index in [0.717, 1.165) is 12.1 Å². The SMILES string of the molecule is O=C(Nc1cccc(OC(F)F)c1)c1ccccc1NS(=O)(=O)c1cccc([N+](=O)[O-])c1. The third kappa shape index (κ3) is 5.55. The number of nitrogens with one attached hydrogen (secondary N) is 2. The van der Waals surface area contributed by atoms with E-state index in [4.69, 9.17) is 0 Å². The third-order valence-corrected chi connectivity index (χ3v) is 5.44. The van der Waals surface area contributed by atoms with Gasteiger partial charge < -0.3 is 10.1 Å². The Morgan fingerprint density at radius 1 is 1.00 bits per heavy atom. The van der Waals surface area contributed by atoms with Crippen molar-refractivity contribution in [3.05, 3.63) is 88.5 Å². The molecule has 0 saturated heterocycles. The number of ether oxygens (including phenoxy) is 1. The van der Waals surface area contributed by atoms with Crippen molar-refractivity contribution < 1.29 is 31.7 Å². The largest absolute Gasteiger partial charge is 0.435 e. The maximum absolute atomic E-state index is 12.7. The molecule has 9 nitrogen and oxygen atoms in total. The average molecular weight is 463 g/mol. The Bertz CT molecular complexity index is 1270. The Morgan fingerprint density at radius 2 is 1.72 bits per heavy atom. The summed E-state index contributed by atoms with van der Waals surface area (Å²) in [5.74, 6) is -0.894. The summed E-state index contributed by atoms with van der Waals surface area (Å²) in [6.07, 6.45) is 0. The standard InChI is InChI=1S/C20H15F2N3O6S/c21-20(22)31-15-7-3-5-13(11-15)23-19(26)17-9-1-2-10-18(17)24-32(29,30)16-8-4-6-14(12-16)25(27)28/h1-12,20,24H,(H,23,26). The number of halogens is 2. The van der Waals surface area contributed by atoms with Gasteiger partial charge in [0.2, 0.25) is 0 Å². The number of sulfonamides is 1. The molecule has 0 radical (unpaired) electrons. The van der Waals surface area contributed by atoms with Gasteiger partial charge in [-0.1, -0.05) is 24.3 Å². The number of amides is 1. The van der Waals surface area contributed by atoms with Crippen molar-refractivity contribution in [3.63, 3.8) is 0 Å². The van der Waals surface area contributed by atoms with Crippen molar-refractivity contribution in [1.82, 2.24) is 0 Å². The summed E-state index contributed by atoms with van der Waals surface area (Å²) in [6, 6.07) is 15.4. The molecule has 3 aromatic rings. The van der Waals surface area contributed by atoms with E-state index in [-0.39, 0.29) is 27.6 Å². The summed E-state index contributed by atoms with van der Waals surface area (Å²) < 4.78 is 56.7. The predicted octanol–water partition coefficient (Wildman–Crippen LogP) is 4.25. The summed E-state index contributed by atoms with van der Waals surface area (Å²) in [5.41, 5.74) is -0.424. The minimum Gasteiger partial charge on any atom is -0.435 e. The fourth-order valence-corrected chi connectivity index (χ4v) is 3.81. The highest BCUT2D eigenvalue weighted by Gasteiger charge is 2.21. The Morgan fingerprint density at radius 3 is 2.44 bits per heavy atom. The Hall–Kier alpha value is -4.06. The molecule has 0 fully saturated rings. The van der Waals surface area contributed by atoms with Crippen LogP contribution in [0, 0.1) is 10.1 Å². The van der Waals surface area contributed by atoms with Crippen molar-refractivity contribution in [1.29, 1.82) is 0 Å². The van der Waals surface area contributed by atoms with E-state index in [1.165, 1.54) is 60.7 Å². The lowest BCUT2D eigenvalue weighted by Crippen LogP contribution is -2.18. The van der Waals surface area contributed by atoms with Crippen LogP contribution in [0.25, 0.3) is 0 Å². The molecule has 0 heterocycles. The average Bonchev–Trinajstić information content (AvgIpc) is 2.73. The molecular weight excluding hydrogens is 448 g/mol. The predicted molar refractivity (Wildman–Crippen MR) is 111 cm³/mol. The fourth-order valence-electron chi connectivity index (χ4n) is 2.69. The van der Waals surface area contributed by atoms with Crippen molar-refractivity contribution in [2.45, 2.75) is 11.5 Å². The first kappa shape index (κ1) is 22.6. The molecule has 0 bridgehead atoms. The number of anilines is 2. The van der Waals surface area contributed by atoms with Crippen LogP contribution in [-0.2, 0) is 10.0 Å². The highest BCUT2D eigenvalue weighted by molar-refractivity contribution is 7.92. The molecule has 2 N–H and O–H groups in total. The van der Waals surface area contributed by atoms with Gasteiger partial charge in [0.15, 0.2) is 0 Å². The molecule has 0 aromatic heterocycles. The second-order valence-corrected chi connectivity index (χ2v) is 7.95. The molecular formula is C20H15F2N3O6S. The molecule has 32 heavy (non-hydrogen) atoms.